The van der Waals surface area contributed by atoms with E-state index < -0.39 is 22.7 Å². The van der Waals surface area contributed by atoms with Crippen LogP contribution in [0.5, 0.6) is 0 Å². The Balaban J connectivity index is 3.30. The largest absolute Gasteiger partial charge is 0.479 e. The number of nitro groups is 1. The van der Waals surface area contributed by atoms with E-state index in [0.717, 1.165) is 6.07 Å². The third kappa shape index (κ3) is 2.51. The van der Waals surface area contributed by atoms with Crippen molar-refractivity contribution in [2.24, 2.45) is 0 Å². The van der Waals surface area contributed by atoms with Crippen LogP contribution in [-0.4, -0.2) is 21.1 Å². The first-order chi connectivity index (χ1) is 6.93. The van der Waals surface area contributed by atoms with E-state index in [1.54, 1.807) is 0 Å². The Morgan fingerprint density at radius 1 is 1.53 bits per heavy atom. The number of rotatable bonds is 3. The van der Waals surface area contributed by atoms with Crippen LogP contribution in [0.1, 0.15) is 11.7 Å². The smallest absolute Gasteiger partial charge is 0.337 e. The summed E-state index contributed by atoms with van der Waals surface area (Å²) < 4.78 is 0.461. The molecule has 80 valence electrons. The van der Waals surface area contributed by atoms with E-state index in [-0.39, 0.29) is 5.56 Å². The van der Waals surface area contributed by atoms with E-state index in [1.165, 1.54) is 12.1 Å². The summed E-state index contributed by atoms with van der Waals surface area (Å²) in [5.41, 5.74) is -0.671. The minimum Gasteiger partial charge on any atom is -0.479 e. The lowest BCUT2D eigenvalue weighted by molar-refractivity contribution is -0.386. The van der Waals surface area contributed by atoms with Gasteiger partial charge in [0.15, 0.2) is 6.10 Å². The zero-order valence-electron chi connectivity index (χ0n) is 7.25. The summed E-state index contributed by atoms with van der Waals surface area (Å²) in [4.78, 5) is 20.3. The molecule has 0 saturated carbocycles. The van der Waals surface area contributed by atoms with Crippen LogP contribution in [0.25, 0.3) is 0 Å². The average molecular weight is 276 g/mol. The van der Waals surface area contributed by atoms with Crippen LogP contribution in [0, 0.1) is 10.1 Å². The molecule has 0 aliphatic carbocycles. The van der Waals surface area contributed by atoms with Crippen LogP contribution in [0.2, 0.25) is 0 Å². The van der Waals surface area contributed by atoms with Gasteiger partial charge in [0.2, 0.25) is 0 Å². The molecule has 6 nitrogen and oxygen atoms in total. The molecular weight excluding hydrogens is 270 g/mol. The Morgan fingerprint density at radius 2 is 2.13 bits per heavy atom. The molecule has 0 aliphatic rings. The maximum Gasteiger partial charge on any atom is 0.337 e. The Labute approximate surface area is 92.4 Å². The summed E-state index contributed by atoms with van der Waals surface area (Å²) >= 11 is 3.04. The number of carboxylic acid groups (broad SMARTS) is 1. The molecule has 0 unspecified atom stereocenters. The van der Waals surface area contributed by atoms with Crippen molar-refractivity contribution in [2.75, 3.05) is 0 Å². The fourth-order valence-electron chi connectivity index (χ4n) is 1.04. The number of halogens is 1. The molecule has 0 aromatic heterocycles. The molecule has 0 amide bonds. The van der Waals surface area contributed by atoms with Crippen LogP contribution in [0.4, 0.5) is 5.69 Å². The summed E-state index contributed by atoms with van der Waals surface area (Å²) in [5, 5.41) is 28.3. The molecule has 1 aromatic rings. The molecule has 1 atom stereocenters. The lowest BCUT2D eigenvalue weighted by Gasteiger charge is -2.06. The molecule has 0 bridgehead atoms. The molecule has 0 spiro atoms. The van der Waals surface area contributed by atoms with Crippen LogP contribution in [-0.2, 0) is 4.79 Å². The number of nitro benzene ring substituents is 1. The summed E-state index contributed by atoms with van der Waals surface area (Å²) in [6.45, 7) is 0. The van der Waals surface area contributed by atoms with Crippen molar-refractivity contribution in [1.29, 1.82) is 0 Å². The number of hydrogen-bond donors (Lipinski definition) is 2. The third-order valence-electron chi connectivity index (χ3n) is 1.71. The monoisotopic (exact) mass is 275 g/mol. The van der Waals surface area contributed by atoms with Gasteiger partial charge in [-0.2, -0.15) is 0 Å². The topological polar surface area (TPSA) is 101 Å². The van der Waals surface area contributed by atoms with Gasteiger partial charge < -0.3 is 10.2 Å². The minimum absolute atomic E-state index is 0.248. The van der Waals surface area contributed by atoms with E-state index in [0.29, 0.717) is 4.47 Å². The van der Waals surface area contributed by atoms with Crippen molar-refractivity contribution in [3.05, 3.63) is 38.3 Å². The number of aliphatic hydroxyl groups excluding tert-OH is 1. The zero-order valence-corrected chi connectivity index (χ0v) is 8.84. The highest BCUT2D eigenvalue weighted by Crippen LogP contribution is 2.28. The first-order valence-corrected chi connectivity index (χ1v) is 4.57. The molecule has 0 heterocycles. The van der Waals surface area contributed by atoms with Gasteiger partial charge in [-0.15, -0.1) is 0 Å². The van der Waals surface area contributed by atoms with Crippen molar-refractivity contribution in [3.63, 3.8) is 0 Å². The zero-order chi connectivity index (χ0) is 11.6. The van der Waals surface area contributed by atoms with Gasteiger partial charge in [0.1, 0.15) is 0 Å². The van der Waals surface area contributed by atoms with Crippen LogP contribution >= 0.6 is 15.9 Å². The summed E-state index contributed by atoms with van der Waals surface area (Å²) in [7, 11) is 0. The molecule has 2 N–H and O–H groups in total. The Bertz CT molecular complexity index is 419. The number of nitrogens with zero attached hydrogens (tertiary/aromatic N) is 1. The molecule has 1 aromatic carbocycles. The van der Waals surface area contributed by atoms with Crippen LogP contribution in [0.3, 0.4) is 0 Å². The predicted molar refractivity (Wildman–Crippen MR) is 53.4 cm³/mol. The van der Waals surface area contributed by atoms with Gasteiger partial charge in [0.05, 0.1) is 10.5 Å². The van der Waals surface area contributed by atoms with Gasteiger partial charge in [0, 0.05) is 10.5 Å². The minimum atomic E-state index is -1.90. The second kappa shape index (κ2) is 4.37. The first kappa shape index (κ1) is 11.6. The van der Waals surface area contributed by atoms with Crippen molar-refractivity contribution >= 4 is 27.6 Å². The molecule has 0 aliphatic heterocycles. The van der Waals surface area contributed by atoms with Gasteiger partial charge in [-0.3, -0.25) is 10.1 Å². The quantitative estimate of drug-likeness (QED) is 0.643. The van der Waals surface area contributed by atoms with E-state index in [1.807, 2.05) is 0 Å². The number of hydrogen-bond acceptors (Lipinski definition) is 4. The van der Waals surface area contributed by atoms with E-state index in [4.69, 9.17) is 5.11 Å². The highest BCUT2D eigenvalue weighted by atomic mass is 79.9. The average Bonchev–Trinajstić information content (AvgIpc) is 2.15. The number of carbonyl (C=O) groups is 1. The second-order valence-electron chi connectivity index (χ2n) is 2.70. The van der Waals surface area contributed by atoms with Crippen LogP contribution in [0.15, 0.2) is 22.7 Å². The molecule has 15 heavy (non-hydrogen) atoms. The molecule has 0 saturated heterocycles. The lowest BCUT2D eigenvalue weighted by Crippen LogP contribution is -2.12. The van der Waals surface area contributed by atoms with Gasteiger partial charge in [-0.1, -0.05) is 15.9 Å². The third-order valence-corrected chi connectivity index (χ3v) is 2.21. The number of benzene rings is 1. The fourth-order valence-corrected chi connectivity index (χ4v) is 1.42. The van der Waals surface area contributed by atoms with Crippen molar-refractivity contribution in [1.82, 2.24) is 0 Å². The van der Waals surface area contributed by atoms with E-state index in [2.05, 4.69) is 15.9 Å². The van der Waals surface area contributed by atoms with Crippen molar-refractivity contribution in [2.45, 2.75) is 6.10 Å². The van der Waals surface area contributed by atoms with Crippen molar-refractivity contribution < 1.29 is 19.9 Å². The van der Waals surface area contributed by atoms with Gasteiger partial charge >= 0.3 is 5.97 Å². The van der Waals surface area contributed by atoms with Gasteiger partial charge in [-0.05, 0) is 12.1 Å². The predicted octanol–water partition coefficient (Wildman–Crippen LogP) is 1.48. The highest BCUT2D eigenvalue weighted by molar-refractivity contribution is 9.10. The van der Waals surface area contributed by atoms with Gasteiger partial charge in [0.25, 0.3) is 5.69 Å². The molecule has 0 fully saturated rings. The Kier molecular flexibility index (Phi) is 3.38. The fraction of sp³-hybridized carbons (Fsp3) is 0.125. The number of carboxylic acids is 1. The molecule has 0 radical (unpaired) electrons. The van der Waals surface area contributed by atoms with Crippen molar-refractivity contribution in [3.8, 4) is 0 Å². The van der Waals surface area contributed by atoms with E-state index in [9.17, 15) is 20.0 Å². The SMILES string of the molecule is O=C(O)[C@@H](O)c1cc(Br)ccc1[N+](=O)[O-]. The van der Waals surface area contributed by atoms with Gasteiger partial charge in [-0.25, -0.2) is 4.79 Å². The molecular formula is C8H6BrNO5. The first-order valence-electron chi connectivity index (χ1n) is 3.78. The maximum atomic E-state index is 10.5. The summed E-state index contributed by atoms with van der Waals surface area (Å²) in [5.74, 6) is -1.53. The Hall–Kier alpha value is -1.47. The van der Waals surface area contributed by atoms with Crippen LogP contribution < -0.4 is 0 Å². The standard InChI is InChI=1S/C8H6BrNO5/c9-4-1-2-6(10(14)15)5(3-4)7(11)8(12)13/h1-3,7,11H,(H,12,13)/t7-/m0/s1. The second-order valence-corrected chi connectivity index (χ2v) is 3.62. The lowest BCUT2D eigenvalue weighted by atomic mass is 10.1. The number of aliphatic hydroxyl groups is 1. The molecule has 1 rings (SSSR count). The number of aliphatic carboxylic acids is 1. The summed E-state index contributed by atoms with van der Waals surface area (Å²) in [6.07, 6.45) is -1.90. The normalized spacial score (nSPS) is 12.1. The van der Waals surface area contributed by atoms with E-state index >= 15 is 0 Å². The highest BCUT2D eigenvalue weighted by Gasteiger charge is 2.25. The summed E-state index contributed by atoms with van der Waals surface area (Å²) in [6, 6.07) is 3.73. The Morgan fingerprint density at radius 3 is 2.60 bits per heavy atom. The maximum absolute atomic E-state index is 10.5. The molecule has 7 heteroatoms.